The number of carbonyl (C=O) groups excluding carboxylic acids is 2. The van der Waals surface area contributed by atoms with Gasteiger partial charge in [0.25, 0.3) is 0 Å². The molecule has 2 aliphatic heterocycles. The Morgan fingerprint density at radius 1 is 1.12 bits per heavy atom. The highest BCUT2D eigenvalue weighted by molar-refractivity contribution is 5.85. The second kappa shape index (κ2) is 11.0. The molecule has 146 valence electrons. The van der Waals surface area contributed by atoms with Gasteiger partial charge in [0, 0.05) is 25.6 Å². The Balaban J connectivity index is 0.00000312. The summed E-state index contributed by atoms with van der Waals surface area (Å²) in [6.45, 7) is 9.47. The fraction of sp³-hybridized carbons (Fsp3) is 0.889. The van der Waals surface area contributed by atoms with E-state index in [4.69, 9.17) is 5.73 Å². The predicted molar refractivity (Wildman–Crippen MR) is 103 cm³/mol. The van der Waals surface area contributed by atoms with Crippen LogP contribution in [0.2, 0.25) is 0 Å². The van der Waals surface area contributed by atoms with Crippen LogP contribution in [-0.2, 0) is 9.59 Å². The topological polar surface area (TPSA) is 78.7 Å². The fourth-order valence-corrected chi connectivity index (χ4v) is 3.52. The van der Waals surface area contributed by atoms with Gasteiger partial charge < -0.3 is 20.9 Å². The van der Waals surface area contributed by atoms with Crippen LogP contribution in [0, 0.1) is 11.8 Å². The lowest BCUT2D eigenvalue weighted by Crippen LogP contribution is -2.50. The Hall–Kier alpha value is -0.850. The SMILES string of the molecule is CC(C)[C@H](N)C(=O)N1CCC(C(=O)NCCCN2CCCC2)CC1.Cl. The van der Waals surface area contributed by atoms with Gasteiger partial charge in [0.1, 0.15) is 0 Å². The van der Waals surface area contributed by atoms with Crippen molar-refractivity contribution in [2.45, 2.75) is 52.0 Å². The van der Waals surface area contributed by atoms with E-state index in [2.05, 4.69) is 10.2 Å². The van der Waals surface area contributed by atoms with Gasteiger partial charge in [0.15, 0.2) is 0 Å². The lowest BCUT2D eigenvalue weighted by Gasteiger charge is -2.33. The van der Waals surface area contributed by atoms with Crippen molar-refractivity contribution in [3.05, 3.63) is 0 Å². The lowest BCUT2D eigenvalue weighted by atomic mass is 9.94. The molecule has 2 aliphatic rings. The summed E-state index contributed by atoms with van der Waals surface area (Å²) < 4.78 is 0. The molecule has 0 radical (unpaired) electrons. The second-order valence-corrected chi connectivity index (χ2v) is 7.56. The van der Waals surface area contributed by atoms with Crippen LogP contribution in [0.25, 0.3) is 0 Å². The third-order valence-electron chi connectivity index (χ3n) is 5.33. The first-order chi connectivity index (χ1) is 11.5. The van der Waals surface area contributed by atoms with Crippen molar-refractivity contribution >= 4 is 24.2 Å². The molecule has 0 bridgehead atoms. The Bertz CT molecular complexity index is 419. The maximum Gasteiger partial charge on any atom is 0.239 e. The van der Waals surface area contributed by atoms with Crippen molar-refractivity contribution < 1.29 is 9.59 Å². The van der Waals surface area contributed by atoms with Gasteiger partial charge in [-0.3, -0.25) is 9.59 Å². The zero-order valence-corrected chi connectivity index (χ0v) is 16.5. The summed E-state index contributed by atoms with van der Waals surface area (Å²) in [5.41, 5.74) is 5.94. The molecular weight excluding hydrogens is 340 g/mol. The van der Waals surface area contributed by atoms with Gasteiger partial charge in [0.2, 0.25) is 11.8 Å². The van der Waals surface area contributed by atoms with Crippen molar-refractivity contribution in [2.24, 2.45) is 17.6 Å². The molecule has 0 saturated carbocycles. The summed E-state index contributed by atoms with van der Waals surface area (Å²) in [7, 11) is 0. The zero-order valence-electron chi connectivity index (χ0n) is 15.7. The number of hydrogen-bond acceptors (Lipinski definition) is 4. The molecule has 2 amide bonds. The highest BCUT2D eigenvalue weighted by Crippen LogP contribution is 2.19. The molecule has 0 spiro atoms. The van der Waals surface area contributed by atoms with Gasteiger partial charge in [-0.15, -0.1) is 12.4 Å². The zero-order chi connectivity index (χ0) is 17.5. The molecule has 7 heteroatoms. The van der Waals surface area contributed by atoms with Crippen LogP contribution in [0.5, 0.6) is 0 Å². The van der Waals surface area contributed by atoms with Gasteiger partial charge in [-0.1, -0.05) is 13.8 Å². The molecule has 25 heavy (non-hydrogen) atoms. The molecule has 2 fully saturated rings. The maximum absolute atomic E-state index is 12.3. The second-order valence-electron chi connectivity index (χ2n) is 7.56. The van der Waals surface area contributed by atoms with E-state index >= 15 is 0 Å². The molecule has 0 aliphatic carbocycles. The minimum absolute atomic E-state index is 0. The van der Waals surface area contributed by atoms with Crippen LogP contribution in [-0.4, -0.2) is 66.9 Å². The van der Waals surface area contributed by atoms with Crippen LogP contribution < -0.4 is 11.1 Å². The van der Waals surface area contributed by atoms with Crippen molar-refractivity contribution in [3.8, 4) is 0 Å². The Kier molecular flexibility index (Phi) is 9.75. The molecule has 1 atom stereocenters. The predicted octanol–water partition coefficient (Wildman–Crippen LogP) is 1.23. The molecule has 2 rings (SSSR count). The van der Waals surface area contributed by atoms with Crippen LogP contribution in [0.1, 0.15) is 46.0 Å². The maximum atomic E-state index is 12.3. The van der Waals surface area contributed by atoms with Crippen molar-refractivity contribution in [1.29, 1.82) is 0 Å². The van der Waals surface area contributed by atoms with Crippen molar-refractivity contribution in [3.63, 3.8) is 0 Å². The number of piperidine rings is 1. The van der Waals surface area contributed by atoms with E-state index in [1.165, 1.54) is 25.9 Å². The first-order valence-corrected chi connectivity index (χ1v) is 9.53. The smallest absolute Gasteiger partial charge is 0.239 e. The standard InChI is InChI=1S/C18H34N4O2.ClH/c1-14(2)16(19)18(24)22-12-6-15(7-13-22)17(23)20-8-5-11-21-9-3-4-10-21;/h14-16H,3-13,19H2,1-2H3,(H,20,23);1H/t16-;/m0./s1. The monoisotopic (exact) mass is 374 g/mol. The summed E-state index contributed by atoms with van der Waals surface area (Å²) in [4.78, 5) is 28.8. The average molecular weight is 375 g/mol. The minimum Gasteiger partial charge on any atom is -0.356 e. The minimum atomic E-state index is -0.430. The number of halogens is 1. The van der Waals surface area contributed by atoms with Crippen LogP contribution in [0.3, 0.4) is 0 Å². The van der Waals surface area contributed by atoms with E-state index in [1.54, 1.807) is 0 Å². The summed E-state index contributed by atoms with van der Waals surface area (Å²) in [5.74, 6) is 0.358. The average Bonchev–Trinajstić information content (AvgIpc) is 3.10. The number of rotatable bonds is 7. The number of nitrogens with one attached hydrogen (secondary N) is 1. The largest absolute Gasteiger partial charge is 0.356 e. The quantitative estimate of drug-likeness (QED) is 0.657. The van der Waals surface area contributed by atoms with E-state index in [9.17, 15) is 9.59 Å². The molecule has 6 nitrogen and oxygen atoms in total. The van der Waals surface area contributed by atoms with Gasteiger partial charge in [0.05, 0.1) is 6.04 Å². The number of hydrogen-bond donors (Lipinski definition) is 2. The first-order valence-electron chi connectivity index (χ1n) is 9.53. The Morgan fingerprint density at radius 2 is 1.72 bits per heavy atom. The summed E-state index contributed by atoms with van der Waals surface area (Å²) >= 11 is 0. The van der Waals surface area contributed by atoms with E-state index in [0.717, 1.165) is 32.4 Å². The van der Waals surface area contributed by atoms with Gasteiger partial charge in [-0.05, 0) is 57.7 Å². The van der Waals surface area contributed by atoms with Crippen molar-refractivity contribution in [2.75, 3.05) is 39.3 Å². The van der Waals surface area contributed by atoms with Gasteiger partial charge in [-0.2, -0.15) is 0 Å². The van der Waals surface area contributed by atoms with Crippen LogP contribution in [0.4, 0.5) is 0 Å². The van der Waals surface area contributed by atoms with Crippen LogP contribution >= 0.6 is 12.4 Å². The number of amides is 2. The Labute approximate surface area is 158 Å². The van der Waals surface area contributed by atoms with Crippen LogP contribution in [0.15, 0.2) is 0 Å². The molecule has 2 saturated heterocycles. The van der Waals surface area contributed by atoms with E-state index in [0.29, 0.717) is 13.1 Å². The van der Waals surface area contributed by atoms with Gasteiger partial charge >= 0.3 is 0 Å². The molecule has 0 aromatic rings. The molecular formula is C18H35ClN4O2. The Morgan fingerprint density at radius 3 is 2.28 bits per heavy atom. The summed E-state index contributed by atoms with van der Waals surface area (Å²) in [5, 5.41) is 3.07. The molecule has 3 N–H and O–H groups in total. The third-order valence-corrected chi connectivity index (χ3v) is 5.33. The third kappa shape index (κ3) is 6.76. The van der Waals surface area contributed by atoms with E-state index in [1.807, 2.05) is 18.7 Å². The lowest BCUT2D eigenvalue weighted by molar-refractivity contribution is -0.137. The number of carbonyl (C=O) groups is 2. The fourth-order valence-electron chi connectivity index (χ4n) is 3.52. The molecule has 0 aromatic heterocycles. The van der Waals surface area contributed by atoms with Gasteiger partial charge in [-0.25, -0.2) is 0 Å². The highest BCUT2D eigenvalue weighted by atomic mass is 35.5. The summed E-state index contributed by atoms with van der Waals surface area (Å²) in [6, 6.07) is -0.430. The van der Waals surface area contributed by atoms with E-state index in [-0.39, 0.29) is 36.1 Å². The number of likely N-dealkylation sites (tertiary alicyclic amines) is 2. The molecule has 0 unspecified atom stereocenters. The molecule has 2 heterocycles. The molecule has 0 aromatic carbocycles. The normalized spacial score (nSPS) is 20.4. The first kappa shape index (κ1) is 22.2. The van der Waals surface area contributed by atoms with E-state index < -0.39 is 6.04 Å². The highest BCUT2D eigenvalue weighted by Gasteiger charge is 2.30. The number of nitrogens with zero attached hydrogens (tertiary/aromatic N) is 2. The number of nitrogens with two attached hydrogens (primary N) is 1. The van der Waals surface area contributed by atoms with Crippen molar-refractivity contribution in [1.82, 2.24) is 15.1 Å². The summed E-state index contributed by atoms with van der Waals surface area (Å²) in [6.07, 6.45) is 5.13.